The molecule has 6 heteroatoms. The first-order valence-corrected chi connectivity index (χ1v) is 10.3. The lowest BCUT2D eigenvalue weighted by atomic mass is 9.99. The van der Waals surface area contributed by atoms with E-state index in [0.717, 1.165) is 26.9 Å². The Hall–Kier alpha value is -3.25. The van der Waals surface area contributed by atoms with Crippen molar-refractivity contribution < 1.29 is 4.79 Å². The first-order valence-electron chi connectivity index (χ1n) is 9.47. The van der Waals surface area contributed by atoms with Gasteiger partial charge in [-0.15, -0.1) is 11.3 Å². The highest BCUT2D eigenvalue weighted by atomic mass is 32.1. The number of nitrogens with zero attached hydrogens (tertiary/aromatic N) is 2. The molecule has 0 aliphatic carbocycles. The van der Waals surface area contributed by atoms with Crippen molar-refractivity contribution in [1.82, 2.24) is 15.3 Å². The smallest absolute Gasteiger partial charge is 0.240 e. The number of hydrogen-bond acceptors (Lipinski definition) is 5. The minimum Gasteiger partial charge on any atom is -0.360 e. The zero-order valence-corrected chi connectivity index (χ0v) is 17.2. The first kappa shape index (κ1) is 19.1. The molecule has 0 radical (unpaired) electrons. The van der Waals surface area contributed by atoms with Gasteiger partial charge in [0.15, 0.2) is 0 Å². The topological polar surface area (TPSA) is 66.9 Å². The van der Waals surface area contributed by atoms with E-state index in [0.29, 0.717) is 5.82 Å². The highest BCUT2D eigenvalue weighted by Gasteiger charge is 2.17. The molecule has 0 spiro atoms. The average Bonchev–Trinajstić information content (AvgIpc) is 3.06. The molecule has 0 fully saturated rings. The third kappa shape index (κ3) is 4.12. The third-order valence-electron chi connectivity index (χ3n) is 4.95. The molecule has 0 aliphatic rings. The lowest BCUT2D eigenvalue weighted by molar-refractivity contribution is -0.119. The fourth-order valence-corrected chi connectivity index (χ4v) is 4.34. The molecule has 2 aromatic heterocycles. The fourth-order valence-electron chi connectivity index (χ4n) is 3.34. The highest BCUT2D eigenvalue weighted by molar-refractivity contribution is 7.18. The van der Waals surface area contributed by atoms with E-state index in [1.54, 1.807) is 11.3 Å². The fraction of sp³-hybridized carbons (Fsp3) is 0.174. The van der Waals surface area contributed by atoms with Crippen molar-refractivity contribution >= 4 is 33.3 Å². The molecule has 0 unspecified atom stereocenters. The molecule has 2 aromatic carbocycles. The monoisotopic (exact) mass is 402 g/mol. The van der Waals surface area contributed by atoms with Crippen LogP contribution in [0.1, 0.15) is 27.6 Å². The van der Waals surface area contributed by atoms with E-state index in [1.807, 2.05) is 60.7 Å². The zero-order chi connectivity index (χ0) is 20.2. The average molecular weight is 403 g/mol. The number of aromatic nitrogens is 2. The number of aryl methyl sites for hydroxylation is 2. The minimum absolute atomic E-state index is 0.0981. The van der Waals surface area contributed by atoms with Crippen LogP contribution in [0, 0.1) is 13.8 Å². The number of nitrogens with one attached hydrogen (secondary N) is 2. The number of carbonyl (C=O) groups excluding carboxylic acids is 1. The molecule has 0 saturated carbocycles. The van der Waals surface area contributed by atoms with Gasteiger partial charge in [-0.3, -0.25) is 4.79 Å². The van der Waals surface area contributed by atoms with Crippen LogP contribution in [0.15, 0.2) is 67.0 Å². The van der Waals surface area contributed by atoms with Crippen molar-refractivity contribution in [3.8, 4) is 0 Å². The van der Waals surface area contributed by atoms with Gasteiger partial charge in [-0.2, -0.15) is 0 Å². The van der Waals surface area contributed by atoms with E-state index >= 15 is 0 Å². The highest BCUT2D eigenvalue weighted by Crippen LogP contribution is 2.32. The Morgan fingerprint density at radius 2 is 1.59 bits per heavy atom. The number of hydrogen-bond donors (Lipinski definition) is 2. The molecule has 2 N–H and O–H groups in total. The Labute approximate surface area is 173 Å². The SMILES string of the molecule is Cc1sc2ncnc(NCC(=O)NC(c3ccccc3)c3ccccc3)c2c1C. The lowest BCUT2D eigenvalue weighted by Crippen LogP contribution is -2.34. The van der Waals surface area contributed by atoms with E-state index in [2.05, 4.69) is 34.4 Å². The Bertz CT molecular complexity index is 1090. The molecule has 29 heavy (non-hydrogen) atoms. The van der Waals surface area contributed by atoms with E-state index in [4.69, 9.17) is 0 Å². The summed E-state index contributed by atoms with van der Waals surface area (Å²) in [5.74, 6) is 0.599. The second-order valence-corrected chi connectivity index (χ2v) is 8.06. The zero-order valence-electron chi connectivity index (χ0n) is 16.3. The molecule has 0 aliphatic heterocycles. The molecule has 5 nitrogen and oxygen atoms in total. The molecule has 2 heterocycles. The molecule has 0 bridgehead atoms. The number of carbonyl (C=O) groups is 1. The summed E-state index contributed by atoms with van der Waals surface area (Å²) in [4.78, 5) is 23.6. The maximum atomic E-state index is 12.8. The molecule has 0 atom stereocenters. The minimum atomic E-state index is -0.206. The van der Waals surface area contributed by atoms with Crippen LogP contribution in [0.25, 0.3) is 10.2 Å². The summed E-state index contributed by atoms with van der Waals surface area (Å²) >= 11 is 1.64. The van der Waals surface area contributed by atoms with Gasteiger partial charge >= 0.3 is 0 Å². The van der Waals surface area contributed by atoms with Crippen LogP contribution in [0.5, 0.6) is 0 Å². The molecule has 4 rings (SSSR count). The standard InChI is InChI=1S/C23H22N4OS/c1-15-16(2)29-23-20(15)22(25-14-26-23)24-13-19(28)27-21(17-9-5-3-6-10-17)18-11-7-4-8-12-18/h3-12,14,21H,13H2,1-2H3,(H,27,28)(H,24,25,26). The van der Waals surface area contributed by atoms with Crippen molar-refractivity contribution in [2.45, 2.75) is 19.9 Å². The number of benzene rings is 2. The van der Waals surface area contributed by atoms with E-state index in [9.17, 15) is 4.79 Å². The summed E-state index contributed by atoms with van der Waals surface area (Å²) in [6.45, 7) is 4.27. The van der Waals surface area contributed by atoms with E-state index in [-0.39, 0.29) is 18.5 Å². The molecule has 1 amide bonds. The van der Waals surface area contributed by atoms with Crippen LogP contribution in [0.2, 0.25) is 0 Å². The maximum Gasteiger partial charge on any atom is 0.240 e. The summed E-state index contributed by atoms with van der Waals surface area (Å²) in [5, 5.41) is 7.33. The quantitative estimate of drug-likeness (QED) is 0.494. The lowest BCUT2D eigenvalue weighted by Gasteiger charge is -2.20. The maximum absolute atomic E-state index is 12.8. The van der Waals surface area contributed by atoms with Crippen molar-refractivity contribution in [1.29, 1.82) is 0 Å². The Morgan fingerprint density at radius 3 is 2.21 bits per heavy atom. The van der Waals surface area contributed by atoms with Gasteiger partial charge in [0.25, 0.3) is 0 Å². The largest absolute Gasteiger partial charge is 0.360 e. The summed E-state index contributed by atoms with van der Waals surface area (Å²) in [6.07, 6.45) is 1.54. The predicted molar refractivity (Wildman–Crippen MR) is 118 cm³/mol. The third-order valence-corrected chi connectivity index (χ3v) is 6.07. The number of anilines is 1. The van der Waals surface area contributed by atoms with Crippen LogP contribution >= 0.6 is 11.3 Å². The van der Waals surface area contributed by atoms with Crippen molar-refractivity contribution in [3.05, 3.63) is 88.6 Å². The number of amides is 1. The van der Waals surface area contributed by atoms with Crippen molar-refractivity contribution in [2.24, 2.45) is 0 Å². The van der Waals surface area contributed by atoms with Gasteiger partial charge in [-0.05, 0) is 30.5 Å². The number of rotatable bonds is 6. The Kier molecular flexibility index (Phi) is 5.53. The Balaban J connectivity index is 1.52. The molecule has 4 aromatic rings. The van der Waals surface area contributed by atoms with E-state index < -0.39 is 0 Å². The first-order chi connectivity index (χ1) is 14.1. The molecule has 0 saturated heterocycles. The molecular weight excluding hydrogens is 380 g/mol. The summed E-state index contributed by atoms with van der Waals surface area (Å²) in [7, 11) is 0. The predicted octanol–water partition coefficient (Wildman–Crippen LogP) is 4.63. The van der Waals surface area contributed by atoms with Gasteiger partial charge in [-0.1, -0.05) is 60.7 Å². The summed E-state index contributed by atoms with van der Waals surface area (Å²) in [5.41, 5.74) is 3.24. The van der Waals surface area contributed by atoms with Gasteiger partial charge in [0.2, 0.25) is 5.91 Å². The van der Waals surface area contributed by atoms with Crippen LogP contribution in [0.3, 0.4) is 0 Å². The van der Waals surface area contributed by atoms with Gasteiger partial charge in [0, 0.05) is 4.88 Å². The van der Waals surface area contributed by atoms with Crippen LogP contribution in [0.4, 0.5) is 5.82 Å². The second-order valence-electron chi connectivity index (χ2n) is 6.86. The normalized spacial score (nSPS) is 11.0. The van der Waals surface area contributed by atoms with Crippen LogP contribution < -0.4 is 10.6 Å². The van der Waals surface area contributed by atoms with Gasteiger partial charge in [-0.25, -0.2) is 9.97 Å². The van der Waals surface area contributed by atoms with Crippen molar-refractivity contribution in [2.75, 3.05) is 11.9 Å². The van der Waals surface area contributed by atoms with Crippen molar-refractivity contribution in [3.63, 3.8) is 0 Å². The second kappa shape index (κ2) is 8.41. The van der Waals surface area contributed by atoms with Gasteiger partial charge in [0.1, 0.15) is 17.0 Å². The van der Waals surface area contributed by atoms with Crippen LogP contribution in [-0.2, 0) is 4.79 Å². The molecular formula is C23H22N4OS. The van der Waals surface area contributed by atoms with Gasteiger partial charge in [0.05, 0.1) is 18.0 Å². The number of thiophene rings is 1. The summed E-state index contributed by atoms with van der Waals surface area (Å²) in [6, 6.07) is 19.8. The van der Waals surface area contributed by atoms with E-state index in [1.165, 1.54) is 11.2 Å². The molecule has 146 valence electrons. The summed E-state index contributed by atoms with van der Waals surface area (Å²) < 4.78 is 0. The number of fused-ring (bicyclic) bond motifs is 1. The van der Waals surface area contributed by atoms with Crippen LogP contribution in [-0.4, -0.2) is 22.4 Å². The van der Waals surface area contributed by atoms with Gasteiger partial charge < -0.3 is 10.6 Å². The Morgan fingerprint density at radius 1 is 0.966 bits per heavy atom.